The molecule has 1 aromatic carbocycles. The van der Waals surface area contributed by atoms with E-state index in [1.165, 1.54) is 16.2 Å². The summed E-state index contributed by atoms with van der Waals surface area (Å²) in [4.78, 5) is 39.3. The second-order valence-electron chi connectivity index (χ2n) is 7.57. The lowest BCUT2D eigenvalue weighted by molar-refractivity contribution is -0.123. The number of nitrogens with zero attached hydrogens (tertiary/aromatic N) is 1. The van der Waals surface area contributed by atoms with Gasteiger partial charge in [-0.15, -0.1) is 11.3 Å². The molecular formula is C20H25N3O3S2. The van der Waals surface area contributed by atoms with Gasteiger partial charge in [-0.05, 0) is 54.6 Å². The van der Waals surface area contributed by atoms with Gasteiger partial charge < -0.3 is 15.5 Å². The van der Waals surface area contributed by atoms with Crippen LogP contribution in [0.2, 0.25) is 0 Å². The second kappa shape index (κ2) is 8.79. The smallest absolute Gasteiger partial charge is 0.285 e. The predicted molar refractivity (Wildman–Crippen MR) is 116 cm³/mol. The van der Waals surface area contributed by atoms with Crippen LogP contribution in [0.4, 0.5) is 15.5 Å². The molecule has 0 spiro atoms. The van der Waals surface area contributed by atoms with Crippen molar-refractivity contribution in [1.29, 1.82) is 0 Å². The van der Waals surface area contributed by atoms with Crippen LogP contribution in [0.1, 0.15) is 36.0 Å². The Balaban J connectivity index is 2.05. The maximum Gasteiger partial charge on any atom is 0.285 e. The Kier molecular flexibility index (Phi) is 6.90. The Bertz CT molecular complexity index is 881. The van der Waals surface area contributed by atoms with Crippen molar-refractivity contribution in [2.45, 2.75) is 32.6 Å². The molecule has 2 aromatic rings. The van der Waals surface area contributed by atoms with Crippen LogP contribution in [0.15, 0.2) is 35.2 Å². The summed E-state index contributed by atoms with van der Waals surface area (Å²) in [5, 5.41) is 6.30. The summed E-state index contributed by atoms with van der Waals surface area (Å²) in [5.41, 5.74) is 0.934. The fourth-order valence-electron chi connectivity index (χ4n) is 2.05. The third-order valence-corrected chi connectivity index (χ3v) is 5.92. The summed E-state index contributed by atoms with van der Waals surface area (Å²) in [6.45, 7) is 7.35. The lowest BCUT2D eigenvalue weighted by Crippen LogP contribution is -2.27. The van der Waals surface area contributed by atoms with Crippen LogP contribution >= 0.6 is 23.1 Å². The van der Waals surface area contributed by atoms with E-state index in [9.17, 15) is 14.4 Å². The number of hydrogen-bond acceptors (Lipinski definition) is 5. The number of thiophene rings is 1. The van der Waals surface area contributed by atoms with Crippen molar-refractivity contribution in [3.8, 4) is 0 Å². The van der Waals surface area contributed by atoms with E-state index in [-0.39, 0.29) is 17.1 Å². The molecule has 6 nitrogen and oxygen atoms in total. The molecule has 8 heteroatoms. The first-order valence-electron chi connectivity index (χ1n) is 8.70. The number of nitrogens with one attached hydrogen (secondary N) is 2. The second-order valence-corrected chi connectivity index (χ2v) is 9.64. The summed E-state index contributed by atoms with van der Waals surface area (Å²) in [5.74, 6) is -0.329. The number of anilines is 2. The van der Waals surface area contributed by atoms with Crippen LogP contribution in [0.3, 0.4) is 0 Å². The minimum atomic E-state index is -0.506. The molecule has 28 heavy (non-hydrogen) atoms. The van der Waals surface area contributed by atoms with Gasteiger partial charge >= 0.3 is 0 Å². The van der Waals surface area contributed by atoms with Crippen LogP contribution in [0, 0.1) is 12.3 Å². The van der Waals surface area contributed by atoms with E-state index in [0.29, 0.717) is 15.6 Å². The average Bonchev–Trinajstić information content (AvgIpc) is 2.96. The fraction of sp³-hybridized carbons (Fsp3) is 0.350. The van der Waals surface area contributed by atoms with Gasteiger partial charge in [-0.1, -0.05) is 20.8 Å². The van der Waals surface area contributed by atoms with Crippen molar-refractivity contribution in [1.82, 2.24) is 4.90 Å². The number of amides is 3. The third kappa shape index (κ3) is 5.84. The lowest BCUT2D eigenvalue weighted by Gasteiger charge is -2.16. The monoisotopic (exact) mass is 419 g/mol. The molecule has 0 saturated carbocycles. The molecule has 0 aliphatic heterocycles. The molecule has 0 unspecified atom stereocenters. The maximum atomic E-state index is 12.6. The predicted octanol–water partition coefficient (Wildman–Crippen LogP) is 5.07. The van der Waals surface area contributed by atoms with Gasteiger partial charge in [0.25, 0.3) is 11.1 Å². The van der Waals surface area contributed by atoms with Crippen LogP contribution in [-0.4, -0.2) is 36.0 Å². The molecule has 2 N–H and O–H groups in total. The van der Waals surface area contributed by atoms with Crippen LogP contribution in [-0.2, 0) is 4.79 Å². The van der Waals surface area contributed by atoms with Crippen LogP contribution in [0.5, 0.6) is 0 Å². The van der Waals surface area contributed by atoms with Crippen LogP contribution in [0.25, 0.3) is 0 Å². The zero-order valence-corrected chi connectivity index (χ0v) is 18.5. The average molecular weight is 420 g/mol. The molecule has 2 rings (SSSR count). The molecule has 0 saturated heterocycles. The highest BCUT2D eigenvalue weighted by molar-refractivity contribution is 8.13. The van der Waals surface area contributed by atoms with E-state index >= 15 is 0 Å². The van der Waals surface area contributed by atoms with Gasteiger partial charge in [0.2, 0.25) is 5.91 Å². The lowest BCUT2D eigenvalue weighted by atomic mass is 9.96. The molecule has 0 atom stereocenters. The van der Waals surface area contributed by atoms with E-state index in [4.69, 9.17) is 0 Å². The molecule has 0 aliphatic carbocycles. The van der Waals surface area contributed by atoms with Gasteiger partial charge in [0, 0.05) is 30.1 Å². The van der Waals surface area contributed by atoms with E-state index in [2.05, 4.69) is 10.6 Å². The molecule has 0 aliphatic rings. The number of aryl methyl sites for hydroxylation is 1. The Morgan fingerprint density at radius 1 is 1.04 bits per heavy atom. The third-order valence-electron chi connectivity index (χ3n) is 3.72. The zero-order valence-electron chi connectivity index (χ0n) is 16.9. The molecule has 1 heterocycles. The molecule has 0 fully saturated rings. The summed E-state index contributed by atoms with van der Waals surface area (Å²) in [6, 6.07) is 8.90. The van der Waals surface area contributed by atoms with Crippen molar-refractivity contribution in [2.75, 3.05) is 24.7 Å². The molecule has 0 bridgehead atoms. The Morgan fingerprint density at radius 3 is 2.18 bits per heavy atom. The molecule has 150 valence electrons. The zero-order chi connectivity index (χ0) is 21.1. The van der Waals surface area contributed by atoms with Crippen molar-refractivity contribution >= 4 is 50.8 Å². The van der Waals surface area contributed by atoms with Gasteiger partial charge in [-0.3, -0.25) is 14.4 Å². The van der Waals surface area contributed by atoms with Gasteiger partial charge in [0.05, 0.1) is 9.88 Å². The van der Waals surface area contributed by atoms with Gasteiger partial charge in [-0.25, -0.2) is 0 Å². The Morgan fingerprint density at radius 2 is 1.64 bits per heavy atom. The topological polar surface area (TPSA) is 78.5 Å². The first-order chi connectivity index (χ1) is 13.0. The Hall–Kier alpha value is -2.32. The summed E-state index contributed by atoms with van der Waals surface area (Å²) in [7, 11) is 3.40. The minimum absolute atomic E-state index is 0.0594. The SMILES string of the molecule is Cc1cc(NC(=O)C(C)(C)C)sc1C(=O)Nc1ccc(SC(=O)N(C)C)cc1. The molecule has 0 radical (unpaired) electrons. The molecule has 1 aromatic heterocycles. The maximum absolute atomic E-state index is 12.6. The van der Waals surface area contributed by atoms with Crippen molar-refractivity contribution in [3.63, 3.8) is 0 Å². The molecule has 3 amide bonds. The number of thioether (sulfide) groups is 1. The quantitative estimate of drug-likeness (QED) is 0.679. The summed E-state index contributed by atoms with van der Waals surface area (Å²) >= 11 is 2.37. The number of rotatable bonds is 4. The number of benzene rings is 1. The van der Waals surface area contributed by atoms with Crippen molar-refractivity contribution in [2.24, 2.45) is 5.41 Å². The van der Waals surface area contributed by atoms with Crippen LogP contribution < -0.4 is 10.6 Å². The highest BCUT2D eigenvalue weighted by Crippen LogP contribution is 2.29. The van der Waals surface area contributed by atoms with E-state index < -0.39 is 5.41 Å². The van der Waals surface area contributed by atoms with Gasteiger partial charge in [-0.2, -0.15) is 0 Å². The first-order valence-corrected chi connectivity index (χ1v) is 10.3. The fourth-order valence-corrected chi connectivity index (χ4v) is 3.67. The van der Waals surface area contributed by atoms with Crippen molar-refractivity contribution in [3.05, 3.63) is 40.8 Å². The number of carbonyl (C=O) groups excluding carboxylic acids is 3. The molecular weight excluding hydrogens is 394 g/mol. The highest BCUT2D eigenvalue weighted by atomic mass is 32.2. The van der Waals surface area contributed by atoms with E-state index in [1.807, 2.05) is 27.7 Å². The van der Waals surface area contributed by atoms with Crippen molar-refractivity contribution < 1.29 is 14.4 Å². The Labute approximate surface area is 173 Å². The summed E-state index contributed by atoms with van der Waals surface area (Å²) < 4.78 is 0. The van der Waals surface area contributed by atoms with Gasteiger partial charge in [0.1, 0.15) is 0 Å². The largest absolute Gasteiger partial charge is 0.339 e. The minimum Gasteiger partial charge on any atom is -0.339 e. The number of carbonyl (C=O) groups is 3. The van der Waals surface area contributed by atoms with E-state index in [0.717, 1.165) is 22.2 Å². The summed E-state index contributed by atoms with van der Waals surface area (Å²) in [6.07, 6.45) is 0. The first kappa shape index (κ1) is 22.0. The van der Waals surface area contributed by atoms with E-state index in [1.54, 1.807) is 44.4 Å². The standard InChI is InChI=1S/C20H25N3O3S2/c1-12-11-15(22-18(25)20(2,3)4)28-16(12)17(24)21-13-7-9-14(10-8-13)27-19(26)23(5)6/h7-11H,1-6H3,(H,21,24)(H,22,25). The normalized spacial score (nSPS) is 11.1. The van der Waals surface area contributed by atoms with Gasteiger partial charge in [0.15, 0.2) is 0 Å². The highest BCUT2D eigenvalue weighted by Gasteiger charge is 2.23. The number of hydrogen-bond donors (Lipinski definition) is 2.